The van der Waals surface area contributed by atoms with Crippen LogP contribution in [0, 0.1) is 0 Å². The van der Waals surface area contributed by atoms with E-state index in [1.165, 1.54) is 0 Å². The lowest BCUT2D eigenvalue weighted by molar-refractivity contribution is 0.00286. The zero-order chi connectivity index (χ0) is 12.7. The monoisotopic (exact) mass is 240 g/mol. The number of likely N-dealkylation sites (tertiary alicyclic amines) is 1. The molecule has 0 bridgehead atoms. The molecule has 2 aliphatic rings. The summed E-state index contributed by atoms with van der Waals surface area (Å²) >= 11 is 0. The molecule has 17 heavy (non-hydrogen) atoms. The van der Waals surface area contributed by atoms with Gasteiger partial charge in [0.2, 0.25) is 0 Å². The van der Waals surface area contributed by atoms with Crippen LogP contribution in [0.4, 0.5) is 4.79 Å². The lowest BCUT2D eigenvalue weighted by atomic mass is 9.95. The van der Waals surface area contributed by atoms with Crippen LogP contribution in [0.25, 0.3) is 0 Å². The van der Waals surface area contributed by atoms with Gasteiger partial charge in [-0.25, -0.2) is 4.79 Å². The number of nitrogens with one attached hydrogen (secondary N) is 1. The summed E-state index contributed by atoms with van der Waals surface area (Å²) in [5.41, 5.74) is -0.290. The summed E-state index contributed by atoms with van der Waals surface area (Å²) in [5, 5.41) is 3.33. The Morgan fingerprint density at radius 1 is 1.41 bits per heavy atom. The third kappa shape index (κ3) is 2.73. The number of carbonyl (C=O) groups excluding carboxylic acids is 1. The summed E-state index contributed by atoms with van der Waals surface area (Å²) < 4.78 is 5.49. The number of nitrogens with zero attached hydrogens (tertiary/aromatic N) is 1. The molecule has 2 fully saturated rings. The minimum Gasteiger partial charge on any atom is -0.444 e. The van der Waals surface area contributed by atoms with Crippen LogP contribution in [-0.2, 0) is 4.74 Å². The van der Waals surface area contributed by atoms with E-state index in [4.69, 9.17) is 4.74 Å². The smallest absolute Gasteiger partial charge is 0.410 e. The second-order valence-corrected chi connectivity index (χ2v) is 6.33. The van der Waals surface area contributed by atoms with Crippen LogP contribution in [0.1, 0.15) is 46.5 Å². The molecule has 1 aliphatic carbocycles. The van der Waals surface area contributed by atoms with E-state index >= 15 is 0 Å². The Labute approximate surface area is 104 Å². The topological polar surface area (TPSA) is 41.6 Å². The normalized spacial score (nSPS) is 27.1. The van der Waals surface area contributed by atoms with Crippen molar-refractivity contribution in [3.63, 3.8) is 0 Å². The highest BCUT2D eigenvalue weighted by molar-refractivity contribution is 5.70. The van der Waals surface area contributed by atoms with Crippen molar-refractivity contribution >= 4 is 6.09 Å². The molecule has 1 heterocycles. The Balaban J connectivity index is 2.00. The van der Waals surface area contributed by atoms with Gasteiger partial charge in [0.15, 0.2) is 0 Å². The number of hydrogen-bond acceptors (Lipinski definition) is 3. The van der Waals surface area contributed by atoms with Crippen LogP contribution in [0.5, 0.6) is 0 Å². The van der Waals surface area contributed by atoms with Crippen molar-refractivity contribution in [3.05, 3.63) is 0 Å². The minimum atomic E-state index is -0.396. The van der Waals surface area contributed by atoms with Gasteiger partial charge in [0, 0.05) is 18.1 Å². The SMILES string of the molecule is CNC1CCN(C(=O)OC(C)(C)C)C2(CC2)C1. The molecule has 1 spiro atoms. The molecule has 1 aliphatic heterocycles. The molecule has 1 N–H and O–H groups in total. The maximum absolute atomic E-state index is 12.1. The average molecular weight is 240 g/mol. The van der Waals surface area contributed by atoms with Crippen LogP contribution in [-0.4, -0.2) is 41.8 Å². The van der Waals surface area contributed by atoms with Crippen LogP contribution in [0.2, 0.25) is 0 Å². The molecule has 1 saturated heterocycles. The first-order chi connectivity index (χ1) is 7.86. The van der Waals surface area contributed by atoms with Gasteiger partial charge in [0.1, 0.15) is 5.60 Å². The number of piperidine rings is 1. The number of rotatable bonds is 1. The Hall–Kier alpha value is -0.770. The third-order valence-corrected chi connectivity index (χ3v) is 3.75. The van der Waals surface area contributed by atoms with E-state index in [1.807, 2.05) is 32.7 Å². The molecule has 1 saturated carbocycles. The molecular formula is C13H24N2O2. The molecule has 0 radical (unpaired) electrons. The van der Waals surface area contributed by atoms with Gasteiger partial charge in [-0.15, -0.1) is 0 Å². The van der Waals surface area contributed by atoms with Gasteiger partial charge in [-0.3, -0.25) is 0 Å². The van der Waals surface area contributed by atoms with E-state index in [1.54, 1.807) is 0 Å². The largest absolute Gasteiger partial charge is 0.444 e. The molecule has 0 aromatic heterocycles. The maximum atomic E-state index is 12.1. The van der Waals surface area contributed by atoms with Crippen molar-refractivity contribution < 1.29 is 9.53 Å². The van der Waals surface area contributed by atoms with Gasteiger partial charge in [-0.2, -0.15) is 0 Å². The average Bonchev–Trinajstić information content (AvgIpc) is 2.95. The fourth-order valence-electron chi connectivity index (χ4n) is 2.66. The second kappa shape index (κ2) is 4.16. The van der Waals surface area contributed by atoms with Gasteiger partial charge in [-0.05, 0) is 53.5 Å². The molecule has 1 amide bonds. The molecule has 0 aromatic carbocycles. The fraction of sp³-hybridized carbons (Fsp3) is 0.923. The van der Waals surface area contributed by atoms with Gasteiger partial charge in [-0.1, -0.05) is 0 Å². The van der Waals surface area contributed by atoms with Gasteiger partial charge in [0.25, 0.3) is 0 Å². The quantitative estimate of drug-likeness (QED) is 0.763. The first-order valence-corrected chi connectivity index (χ1v) is 6.54. The first kappa shape index (κ1) is 12.7. The van der Waals surface area contributed by atoms with Crippen LogP contribution in [0.3, 0.4) is 0 Å². The van der Waals surface area contributed by atoms with Gasteiger partial charge >= 0.3 is 6.09 Å². The molecule has 1 unspecified atom stereocenters. The summed E-state index contributed by atoms with van der Waals surface area (Å²) in [5.74, 6) is 0. The Morgan fingerprint density at radius 3 is 2.53 bits per heavy atom. The Kier molecular flexibility index (Phi) is 3.10. The molecular weight excluding hydrogens is 216 g/mol. The molecule has 4 nitrogen and oxygen atoms in total. The second-order valence-electron chi connectivity index (χ2n) is 6.33. The predicted molar refractivity (Wildman–Crippen MR) is 67.0 cm³/mol. The molecule has 98 valence electrons. The van der Waals surface area contributed by atoms with Crippen molar-refractivity contribution in [2.45, 2.75) is 63.6 Å². The molecule has 0 aromatic rings. The standard InChI is InChI=1S/C13H24N2O2/c1-12(2,3)17-11(16)15-8-5-10(14-4)9-13(15)6-7-13/h10,14H,5-9H2,1-4H3. The van der Waals surface area contributed by atoms with E-state index in [2.05, 4.69) is 5.32 Å². The number of hydrogen-bond donors (Lipinski definition) is 1. The third-order valence-electron chi connectivity index (χ3n) is 3.75. The van der Waals surface area contributed by atoms with Gasteiger partial charge < -0.3 is 15.0 Å². The molecule has 2 rings (SSSR count). The maximum Gasteiger partial charge on any atom is 0.410 e. The molecule has 1 atom stereocenters. The van der Waals surface area contributed by atoms with E-state index in [-0.39, 0.29) is 11.6 Å². The lowest BCUT2D eigenvalue weighted by Gasteiger charge is -2.40. The van der Waals surface area contributed by atoms with E-state index in [0.29, 0.717) is 6.04 Å². The highest BCUT2D eigenvalue weighted by Crippen LogP contribution is 2.48. The van der Waals surface area contributed by atoms with E-state index in [9.17, 15) is 4.79 Å². The predicted octanol–water partition coefficient (Wildman–Crippen LogP) is 2.14. The summed E-state index contributed by atoms with van der Waals surface area (Å²) in [7, 11) is 2.00. The van der Waals surface area contributed by atoms with Crippen molar-refractivity contribution in [2.75, 3.05) is 13.6 Å². The van der Waals surface area contributed by atoms with Crippen molar-refractivity contribution in [2.24, 2.45) is 0 Å². The zero-order valence-corrected chi connectivity index (χ0v) is 11.4. The highest BCUT2D eigenvalue weighted by Gasteiger charge is 2.54. The van der Waals surface area contributed by atoms with Crippen molar-refractivity contribution in [3.8, 4) is 0 Å². The number of ether oxygens (including phenoxy) is 1. The fourth-order valence-corrected chi connectivity index (χ4v) is 2.66. The zero-order valence-electron chi connectivity index (χ0n) is 11.4. The first-order valence-electron chi connectivity index (χ1n) is 6.54. The van der Waals surface area contributed by atoms with E-state index < -0.39 is 5.60 Å². The summed E-state index contributed by atoms with van der Waals surface area (Å²) in [6.45, 7) is 6.58. The minimum absolute atomic E-state index is 0.105. The van der Waals surface area contributed by atoms with Crippen LogP contribution >= 0.6 is 0 Å². The van der Waals surface area contributed by atoms with Gasteiger partial charge in [0.05, 0.1) is 0 Å². The highest BCUT2D eigenvalue weighted by atomic mass is 16.6. The Bertz CT molecular complexity index is 305. The number of amides is 1. The van der Waals surface area contributed by atoms with E-state index in [0.717, 1.165) is 32.2 Å². The summed E-state index contributed by atoms with van der Waals surface area (Å²) in [6.07, 6.45) is 4.22. The van der Waals surface area contributed by atoms with Crippen molar-refractivity contribution in [1.29, 1.82) is 0 Å². The summed E-state index contributed by atoms with van der Waals surface area (Å²) in [4.78, 5) is 14.1. The van der Waals surface area contributed by atoms with Crippen molar-refractivity contribution in [1.82, 2.24) is 10.2 Å². The van der Waals surface area contributed by atoms with Crippen LogP contribution < -0.4 is 5.32 Å². The number of carbonyl (C=O) groups is 1. The lowest BCUT2D eigenvalue weighted by Crippen LogP contribution is -2.53. The van der Waals surface area contributed by atoms with Crippen LogP contribution in [0.15, 0.2) is 0 Å². The molecule has 4 heteroatoms. The summed E-state index contributed by atoms with van der Waals surface area (Å²) in [6, 6.07) is 0.552. The Morgan fingerprint density at radius 2 is 2.06 bits per heavy atom.